The summed E-state index contributed by atoms with van der Waals surface area (Å²) in [6, 6.07) is 10.3. The second-order valence-corrected chi connectivity index (χ2v) is 8.35. The molecule has 4 rings (SSSR count). The first kappa shape index (κ1) is 19.2. The Bertz CT molecular complexity index is 815. The Hall–Kier alpha value is -2.18. The Balaban J connectivity index is 1.51. The fourth-order valence-corrected chi connectivity index (χ4v) is 4.56. The largest absolute Gasteiger partial charge is 0.379 e. The summed E-state index contributed by atoms with van der Waals surface area (Å²) in [4.78, 5) is 17.4. The number of hydrogen-bond donors (Lipinski definition) is 0. The number of carbonyl (C=O) groups excluding carboxylic acids is 1. The van der Waals surface area contributed by atoms with Gasteiger partial charge < -0.3 is 14.2 Å². The first-order valence-corrected chi connectivity index (χ1v) is 10.0. The van der Waals surface area contributed by atoms with Crippen LogP contribution in [0, 0.1) is 19.3 Å². The van der Waals surface area contributed by atoms with Gasteiger partial charge in [0.25, 0.3) is 0 Å². The summed E-state index contributed by atoms with van der Waals surface area (Å²) < 4.78 is 11.3. The van der Waals surface area contributed by atoms with Crippen LogP contribution in [0.15, 0.2) is 34.9 Å². The van der Waals surface area contributed by atoms with Crippen LogP contribution >= 0.6 is 0 Å². The van der Waals surface area contributed by atoms with E-state index < -0.39 is 0 Å². The smallest absolute Gasteiger partial charge is 0.223 e. The van der Waals surface area contributed by atoms with Gasteiger partial charge >= 0.3 is 0 Å². The molecule has 2 fully saturated rings. The van der Waals surface area contributed by atoms with Crippen LogP contribution in [-0.2, 0) is 16.1 Å². The number of ether oxygens (including phenoxy) is 1. The highest BCUT2D eigenvalue weighted by atomic mass is 16.5. The summed E-state index contributed by atoms with van der Waals surface area (Å²) in [5.74, 6) is 1.10. The second kappa shape index (κ2) is 7.68. The predicted molar refractivity (Wildman–Crippen MR) is 106 cm³/mol. The fraction of sp³-hybridized carbons (Fsp3) is 0.545. The zero-order valence-corrected chi connectivity index (χ0v) is 17.0. The third-order valence-corrected chi connectivity index (χ3v) is 6.18. The molecule has 6 nitrogen and oxygen atoms in total. The van der Waals surface area contributed by atoms with E-state index in [0.717, 1.165) is 43.2 Å². The van der Waals surface area contributed by atoms with Gasteiger partial charge in [-0.05, 0) is 26.3 Å². The van der Waals surface area contributed by atoms with Gasteiger partial charge in [-0.15, -0.1) is 0 Å². The minimum atomic E-state index is -0.157. The van der Waals surface area contributed by atoms with Gasteiger partial charge in [-0.1, -0.05) is 35.5 Å². The van der Waals surface area contributed by atoms with Crippen LogP contribution in [0.5, 0.6) is 0 Å². The van der Waals surface area contributed by atoms with Crippen molar-refractivity contribution in [3.8, 4) is 0 Å². The van der Waals surface area contributed by atoms with Gasteiger partial charge in [-0.2, -0.15) is 0 Å². The number of aryl methyl sites for hydroxylation is 2. The predicted octanol–water partition coefficient (Wildman–Crippen LogP) is 3.10. The van der Waals surface area contributed by atoms with E-state index in [1.165, 1.54) is 5.56 Å². The summed E-state index contributed by atoms with van der Waals surface area (Å²) in [5, 5.41) is 4.08. The highest BCUT2D eigenvalue weighted by Crippen LogP contribution is 2.38. The van der Waals surface area contributed by atoms with Gasteiger partial charge in [0.05, 0.1) is 24.9 Å². The van der Waals surface area contributed by atoms with Crippen molar-refractivity contribution in [2.45, 2.75) is 39.8 Å². The molecule has 28 heavy (non-hydrogen) atoms. The molecule has 0 unspecified atom stereocenters. The van der Waals surface area contributed by atoms with Crippen LogP contribution in [0.4, 0.5) is 0 Å². The molecule has 0 bridgehead atoms. The molecule has 2 aromatic rings. The maximum atomic E-state index is 12.9. The van der Waals surface area contributed by atoms with Crippen molar-refractivity contribution in [2.75, 3.05) is 32.8 Å². The highest BCUT2D eigenvalue weighted by molar-refractivity contribution is 5.80. The monoisotopic (exact) mass is 383 g/mol. The van der Waals surface area contributed by atoms with Crippen LogP contribution < -0.4 is 0 Å². The van der Waals surface area contributed by atoms with Crippen molar-refractivity contribution >= 4 is 5.91 Å². The van der Waals surface area contributed by atoms with E-state index in [1.807, 2.05) is 36.9 Å². The first-order valence-electron chi connectivity index (χ1n) is 10.0. The molecule has 0 radical (unpaired) electrons. The van der Waals surface area contributed by atoms with Crippen molar-refractivity contribution in [1.29, 1.82) is 0 Å². The molecule has 2 aliphatic rings. The van der Waals surface area contributed by atoms with E-state index in [4.69, 9.17) is 9.26 Å². The maximum Gasteiger partial charge on any atom is 0.223 e. The van der Waals surface area contributed by atoms with Crippen molar-refractivity contribution in [3.63, 3.8) is 0 Å². The lowest BCUT2D eigenvalue weighted by Crippen LogP contribution is -2.41. The third-order valence-electron chi connectivity index (χ3n) is 6.18. The van der Waals surface area contributed by atoms with Gasteiger partial charge in [0.2, 0.25) is 5.91 Å². The number of likely N-dealkylation sites (tertiary alicyclic amines) is 1. The normalized spacial score (nSPS) is 24.7. The molecule has 2 aliphatic heterocycles. The van der Waals surface area contributed by atoms with Crippen LogP contribution in [-0.4, -0.2) is 53.7 Å². The Morgan fingerprint density at radius 2 is 2.00 bits per heavy atom. The molecule has 0 aliphatic carbocycles. The van der Waals surface area contributed by atoms with Gasteiger partial charge in [-0.25, -0.2) is 0 Å². The molecule has 1 amide bonds. The molecule has 150 valence electrons. The van der Waals surface area contributed by atoms with Crippen LogP contribution in [0.2, 0.25) is 0 Å². The molecular formula is C22H29N3O3. The molecule has 6 heteroatoms. The minimum absolute atomic E-state index is 0.0762. The summed E-state index contributed by atoms with van der Waals surface area (Å²) >= 11 is 0. The van der Waals surface area contributed by atoms with E-state index in [0.29, 0.717) is 19.6 Å². The van der Waals surface area contributed by atoms with Gasteiger partial charge in [0.15, 0.2) is 0 Å². The Morgan fingerprint density at radius 1 is 1.21 bits per heavy atom. The van der Waals surface area contributed by atoms with Gasteiger partial charge in [0, 0.05) is 43.6 Å². The Morgan fingerprint density at radius 3 is 2.71 bits per heavy atom. The van der Waals surface area contributed by atoms with Crippen LogP contribution in [0.3, 0.4) is 0 Å². The highest BCUT2D eigenvalue weighted by Gasteiger charge is 2.47. The standard InChI is InChI=1S/C22H29N3O3/c1-16-20(18(3)28-23-16)12-24-9-10-27-15-22(13-24)11-21(26)25(14-22)17(2)19-7-5-4-6-8-19/h4-8,17H,9-15H2,1-3H3/t17-,22-/m0/s1. The summed E-state index contributed by atoms with van der Waals surface area (Å²) in [6.07, 6.45) is 0.544. The lowest BCUT2D eigenvalue weighted by Gasteiger charge is -2.32. The SMILES string of the molecule is Cc1noc(C)c1CN1CCOC[C@@]2(CC(=O)N([C@@H](C)c3ccccc3)C2)C1. The quantitative estimate of drug-likeness (QED) is 0.812. The lowest BCUT2D eigenvalue weighted by molar-refractivity contribution is -0.129. The number of nitrogens with zero attached hydrogens (tertiary/aromatic N) is 3. The molecule has 0 N–H and O–H groups in total. The van der Waals surface area contributed by atoms with Crippen LogP contribution in [0.1, 0.15) is 42.0 Å². The fourth-order valence-electron chi connectivity index (χ4n) is 4.56. The molecule has 1 aromatic carbocycles. The van der Waals surface area contributed by atoms with Gasteiger partial charge in [-0.3, -0.25) is 9.69 Å². The van der Waals surface area contributed by atoms with Gasteiger partial charge in [0.1, 0.15) is 5.76 Å². The van der Waals surface area contributed by atoms with Crippen molar-refractivity contribution in [3.05, 3.63) is 52.9 Å². The number of hydrogen-bond acceptors (Lipinski definition) is 5. The van der Waals surface area contributed by atoms with Crippen LogP contribution in [0.25, 0.3) is 0 Å². The Kier molecular flexibility index (Phi) is 5.25. The second-order valence-electron chi connectivity index (χ2n) is 8.35. The van der Waals surface area contributed by atoms with Crippen molar-refractivity contribution in [2.24, 2.45) is 5.41 Å². The average Bonchev–Trinajstić information content (AvgIpc) is 3.09. The number of amides is 1. The number of carbonyl (C=O) groups is 1. The molecule has 3 heterocycles. The zero-order valence-electron chi connectivity index (χ0n) is 17.0. The van der Waals surface area contributed by atoms with E-state index in [-0.39, 0.29) is 17.4 Å². The van der Waals surface area contributed by atoms with E-state index in [1.54, 1.807) is 0 Å². The maximum absolute atomic E-state index is 12.9. The van der Waals surface area contributed by atoms with E-state index in [2.05, 4.69) is 29.1 Å². The number of benzene rings is 1. The molecule has 2 atom stereocenters. The minimum Gasteiger partial charge on any atom is -0.379 e. The summed E-state index contributed by atoms with van der Waals surface area (Å²) in [6.45, 7) is 10.6. The van der Waals surface area contributed by atoms with E-state index >= 15 is 0 Å². The molecule has 2 saturated heterocycles. The van der Waals surface area contributed by atoms with Crippen molar-refractivity contribution < 1.29 is 14.1 Å². The molecular weight excluding hydrogens is 354 g/mol. The summed E-state index contributed by atoms with van der Waals surface area (Å²) in [7, 11) is 0. The number of aromatic nitrogens is 1. The average molecular weight is 383 g/mol. The molecule has 1 spiro atoms. The third kappa shape index (κ3) is 3.71. The Labute approximate surface area is 166 Å². The topological polar surface area (TPSA) is 58.8 Å². The molecule has 0 saturated carbocycles. The first-order chi connectivity index (χ1) is 13.5. The summed E-state index contributed by atoms with van der Waals surface area (Å²) in [5.41, 5.74) is 3.11. The zero-order chi connectivity index (χ0) is 19.7. The van der Waals surface area contributed by atoms with E-state index in [9.17, 15) is 4.79 Å². The lowest BCUT2D eigenvalue weighted by atomic mass is 9.87. The van der Waals surface area contributed by atoms with Crippen molar-refractivity contribution in [1.82, 2.24) is 15.0 Å². The molecule has 1 aromatic heterocycles. The number of rotatable bonds is 4.